The Morgan fingerprint density at radius 2 is 2.00 bits per heavy atom. The van der Waals surface area contributed by atoms with Crippen LogP contribution in [0, 0.1) is 12.8 Å². The third-order valence-corrected chi connectivity index (χ3v) is 6.29. The van der Waals surface area contributed by atoms with E-state index >= 15 is 0 Å². The second-order valence-corrected chi connectivity index (χ2v) is 9.12. The van der Waals surface area contributed by atoms with Gasteiger partial charge in [0, 0.05) is 17.5 Å². The normalized spacial score (nSPS) is 14.1. The average molecular weight is 335 g/mol. The van der Waals surface area contributed by atoms with Crippen LogP contribution in [-0.4, -0.2) is 45.1 Å². The van der Waals surface area contributed by atoms with Gasteiger partial charge in [-0.25, -0.2) is 13.1 Å². The second kappa shape index (κ2) is 7.69. The number of likely N-dealkylation sites (N-methyl/N-ethyl adjacent to an activating group) is 1. The topological polar surface area (TPSA) is 69.6 Å². The summed E-state index contributed by atoms with van der Waals surface area (Å²) in [5.41, 5.74) is 0.816. The number of rotatable bonds is 8. The highest BCUT2D eigenvalue weighted by molar-refractivity contribution is 7.91. The average Bonchev–Trinajstić information content (AvgIpc) is 2.68. The van der Waals surface area contributed by atoms with E-state index in [0.717, 1.165) is 23.3 Å². The van der Waals surface area contributed by atoms with E-state index in [2.05, 4.69) is 18.6 Å². The van der Waals surface area contributed by atoms with E-state index in [0.29, 0.717) is 17.3 Å². The Morgan fingerprint density at radius 1 is 1.38 bits per heavy atom. The van der Waals surface area contributed by atoms with Crippen LogP contribution in [0.1, 0.15) is 30.7 Å². The van der Waals surface area contributed by atoms with Gasteiger partial charge in [-0.1, -0.05) is 13.8 Å². The first-order valence-electron chi connectivity index (χ1n) is 7.03. The molecule has 0 fully saturated rings. The highest BCUT2D eigenvalue weighted by Gasteiger charge is 2.24. The van der Waals surface area contributed by atoms with Crippen LogP contribution in [0.3, 0.4) is 0 Å². The number of hydrogen-bond donors (Lipinski definition) is 2. The van der Waals surface area contributed by atoms with Crippen LogP contribution in [0.5, 0.6) is 0 Å². The van der Waals surface area contributed by atoms with E-state index in [1.54, 1.807) is 6.07 Å². The van der Waals surface area contributed by atoms with Gasteiger partial charge in [0.05, 0.1) is 6.61 Å². The van der Waals surface area contributed by atoms with E-state index in [4.69, 9.17) is 0 Å². The van der Waals surface area contributed by atoms with Crippen molar-refractivity contribution < 1.29 is 13.5 Å². The number of aliphatic hydroxyl groups excluding tert-OH is 1. The number of aryl methyl sites for hydroxylation is 1. The zero-order valence-corrected chi connectivity index (χ0v) is 15.0. The molecule has 21 heavy (non-hydrogen) atoms. The highest BCUT2D eigenvalue weighted by atomic mass is 32.2. The number of nitrogens with zero attached hydrogens (tertiary/aromatic N) is 1. The molecular formula is C14H26N2O3S2. The maximum absolute atomic E-state index is 12.5. The Labute approximate surface area is 132 Å². The molecule has 0 spiro atoms. The van der Waals surface area contributed by atoms with Gasteiger partial charge in [0.25, 0.3) is 0 Å². The first-order chi connectivity index (χ1) is 9.65. The van der Waals surface area contributed by atoms with Gasteiger partial charge in [0.2, 0.25) is 10.0 Å². The Bertz CT molecular complexity index is 541. The van der Waals surface area contributed by atoms with Crippen LogP contribution in [0.2, 0.25) is 0 Å². The van der Waals surface area contributed by atoms with Crippen molar-refractivity contribution in [1.29, 1.82) is 0 Å². The lowest BCUT2D eigenvalue weighted by Gasteiger charge is -2.23. The molecule has 0 aliphatic carbocycles. The quantitative estimate of drug-likeness (QED) is 0.761. The summed E-state index contributed by atoms with van der Waals surface area (Å²) in [6.07, 6.45) is 0.786. The van der Waals surface area contributed by atoms with Crippen molar-refractivity contribution in [2.24, 2.45) is 5.92 Å². The zero-order chi connectivity index (χ0) is 16.2. The number of nitrogens with one attached hydrogen (secondary N) is 1. The molecule has 0 amide bonds. The van der Waals surface area contributed by atoms with Gasteiger partial charge in [0.1, 0.15) is 4.21 Å². The third-order valence-electron chi connectivity index (χ3n) is 3.07. The maximum Gasteiger partial charge on any atom is 0.250 e. The first kappa shape index (κ1) is 18.6. The van der Waals surface area contributed by atoms with Crippen LogP contribution < -0.4 is 4.72 Å². The fourth-order valence-corrected chi connectivity index (χ4v) is 4.93. The summed E-state index contributed by atoms with van der Waals surface area (Å²) in [6, 6.07) is 1.51. The molecule has 1 heterocycles. The molecule has 1 rings (SSSR count). The maximum atomic E-state index is 12.5. The molecule has 0 aliphatic heterocycles. The molecule has 5 nitrogen and oxygen atoms in total. The van der Waals surface area contributed by atoms with Crippen LogP contribution in [0.4, 0.5) is 0 Å². The summed E-state index contributed by atoms with van der Waals surface area (Å²) in [5, 5.41) is 9.21. The standard InChI is InChI=1S/C14H26N2O3S2/c1-10(2)6-12(8-16(4)5)15-21(18,19)14-7-11(3)13(9-17)20-14/h7,10,12,15,17H,6,8-9H2,1-5H3. The first-order valence-corrected chi connectivity index (χ1v) is 9.33. The van der Waals surface area contributed by atoms with Crippen molar-refractivity contribution >= 4 is 21.4 Å². The molecule has 1 atom stereocenters. The molecule has 1 unspecified atom stereocenters. The van der Waals surface area contributed by atoms with Gasteiger partial charge < -0.3 is 10.0 Å². The molecule has 0 aliphatic rings. The Balaban J connectivity index is 2.93. The van der Waals surface area contributed by atoms with Gasteiger partial charge in [0.15, 0.2) is 0 Å². The van der Waals surface area contributed by atoms with Crippen molar-refractivity contribution in [3.8, 4) is 0 Å². The number of aliphatic hydroxyl groups is 1. The minimum absolute atomic E-state index is 0.120. The minimum atomic E-state index is -3.53. The molecular weight excluding hydrogens is 308 g/mol. The van der Waals surface area contributed by atoms with Crippen molar-refractivity contribution in [1.82, 2.24) is 9.62 Å². The number of thiophene rings is 1. The van der Waals surface area contributed by atoms with Crippen LogP contribution in [-0.2, 0) is 16.6 Å². The molecule has 2 N–H and O–H groups in total. The lowest BCUT2D eigenvalue weighted by molar-refractivity contribution is 0.285. The molecule has 0 saturated carbocycles. The van der Waals surface area contributed by atoms with Crippen LogP contribution >= 0.6 is 11.3 Å². The molecule has 0 radical (unpaired) electrons. The molecule has 1 aromatic rings. The number of sulfonamides is 1. The fraction of sp³-hybridized carbons (Fsp3) is 0.714. The predicted molar refractivity (Wildman–Crippen MR) is 87.1 cm³/mol. The van der Waals surface area contributed by atoms with Gasteiger partial charge in [-0.05, 0) is 45.0 Å². The summed E-state index contributed by atoms with van der Waals surface area (Å²) in [5.74, 6) is 0.413. The summed E-state index contributed by atoms with van der Waals surface area (Å²) < 4.78 is 28.0. The Morgan fingerprint density at radius 3 is 2.43 bits per heavy atom. The van der Waals surface area contributed by atoms with E-state index in [-0.39, 0.29) is 16.9 Å². The molecule has 0 bridgehead atoms. The Hall–Kier alpha value is -0.470. The van der Waals surface area contributed by atoms with Crippen molar-refractivity contribution in [2.75, 3.05) is 20.6 Å². The van der Waals surface area contributed by atoms with E-state index in [9.17, 15) is 13.5 Å². The predicted octanol–water partition coefficient (Wildman–Crippen LogP) is 1.80. The summed E-state index contributed by atoms with van der Waals surface area (Å²) in [7, 11) is 0.331. The van der Waals surface area contributed by atoms with Crippen molar-refractivity contribution in [3.05, 3.63) is 16.5 Å². The van der Waals surface area contributed by atoms with E-state index in [1.807, 2.05) is 25.9 Å². The highest BCUT2D eigenvalue weighted by Crippen LogP contribution is 2.26. The summed E-state index contributed by atoms with van der Waals surface area (Å²) in [6.45, 7) is 6.51. The molecule has 1 aromatic heterocycles. The van der Waals surface area contributed by atoms with Crippen LogP contribution in [0.15, 0.2) is 10.3 Å². The summed E-state index contributed by atoms with van der Waals surface area (Å²) in [4.78, 5) is 2.68. The summed E-state index contributed by atoms with van der Waals surface area (Å²) >= 11 is 1.13. The third kappa shape index (κ3) is 5.67. The van der Waals surface area contributed by atoms with E-state index in [1.165, 1.54) is 0 Å². The molecule has 122 valence electrons. The van der Waals surface area contributed by atoms with Gasteiger partial charge in [-0.15, -0.1) is 11.3 Å². The van der Waals surface area contributed by atoms with Gasteiger partial charge >= 0.3 is 0 Å². The molecule has 0 saturated heterocycles. The van der Waals surface area contributed by atoms with Crippen molar-refractivity contribution in [2.45, 2.75) is 44.0 Å². The molecule has 7 heteroatoms. The smallest absolute Gasteiger partial charge is 0.250 e. The monoisotopic (exact) mass is 334 g/mol. The lowest BCUT2D eigenvalue weighted by Crippen LogP contribution is -2.42. The minimum Gasteiger partial charge on any atom is -0.391 e. The van der Waals surface area contributed by atoms with E-state index < -0.39 is 10.0 Å². The largest absolute Gasteiger partial charge is 0.391 e. The van der Waals surface area contributed by atoms with Gasteiger partial charge in [-0.3, -0.25) is 0 Å². The SMILES string of the molecule is Cc1cc(S(=O)(=O)NC(CC(C)C)CN(C)C)sc1CO. The van der Waals surface area contributed by atoms with Crippen LogP contribution in [0.25, 0.3) is 0 Å². The molecule has 0 aromatic carbocycles. The number of hydrogen-bond acceptors (Lipinski definition) is 5. The second-order valence-electron chi connectivity index (χ2n) is 6.04. The Kier molecular flexibility index (Phi) is 6.80. The fourth-order valence-electron chi connectivity index (χ4n) is 2.23. The lowest BCUT2D eigenvalue weighted by atomic mass is 10.0. The van der Waals surface area contributed by atoms with Gasteiger partial charge in [-0.2, -0.15) is 0 Å². The zero-order valence-electron chi connectivity index (χ0n) is 13.4. The van der Waals surface area contributed by atoms with Crippen molar-refractivity contribution in [3.63, 3.8) is 0 Å².